The molecule has 1 spiro atoms. The van der Waals surface area contributed by atoms with Crippen LogP contribution in [-0.4, -0.2) is 46.9 Å². The molecule has 2 fully saturated rings. The number of rotatable bonds is 5. The first-order chi connectivity index (χ1) is 11.7. The molecule has 2 saturated heterocycles. The van der Waals surface area contributed by atoms with Gasteiger partial charge in [0, 0.05) is 50.2 Å². The molecule has 0 unspecified atom stereocenters. The summed E-state index contributed by atoms with van der Waals surface area (Å²) in [5, 5.41) is 7.44. The second-order valence-corrected chi connectivity index (χ2v) is 8.38. The van der Waals surface area contributed by atoms with E-state index >= 15 is 0 Å². The molecule has 2 aliphatic heterocycles. The average molecular weight is 360 g/mol. The van der Waals surface area contributed by atoms with Gasteiger partial charge in [-0.05, 0) is 28.8 Å². The van der Waals surface area contributed by atoms with Gasteiger partial charge in [0.1, 0.15) is 0 Å². The van der Waals surface area contributed by atoms with Crippen LogP contribution < -0.4 is 0 Å². The maximum Gasteiger partial charge on any atom is 0.231 e. The van der Waals surface area contributed by atoms with Crippen molar-refractivity contribution in [3.8, 4) is 0 Å². The molecule has 2 aromatic heterocycles. The van der Waals surface area contributed by atoms with Crippen molar-refractivity contribution in [1.29, 1.82) is 0 Å². The summed E-state index contributed by atoms with van der Waals surface area (Å²) in [6.07, 6.45) is 4.60. The first-order valence-corrected chi connectivity index (χ1v) is 10.1. The Hall–Kier alpha value is -1.50. The number of thiophene rings is 1. The van der Waals surface area contributed by atoms with Gasteiger partial charge in [-0.2, -0.15) is 11.3 Å². The summed E-state index contributed by atoms with van der Waals surface area (Å²) in [4.78, 5) is 22.2. The van der Waals surface area contributed by atoms with Gasteiger partial charge >= 0.3 is 0 Å². The highest BCUT2D eigenvalue weighted by Gasteiger charge is 2.57. The van der Waals surface area contributed by atoms with Crippen LogP contribution in [0.1, 0.15) is 22.9 Å². The average Bonchev–Trinajstić information content (AvgIpc) is 3.34. The third kappa shape index (κ3) is 2.62. The predicted molar refractivity (Wildman–Crippen MR) is 98.3 cm³/mol. The third-order valence-electron chi connectivity index (χ3n) is 5.24. The van der Waals surface area contributed by atoms with Crippen molar-refractivity contribution in [3.05, 3.63) is 51.6 Å². The number of carbonyl (C=O) groups is 1. The fourth-order valence-corrected chi connectivity index (χ4v) is 5.65. The topological polar surface area (TPSA) is 36.4 Å². The van der Waals surface area contributed by atoms with Gasteiger partial charge in [0.25, 0.3) is 0 Å². The lowest BCUT2D eigenvalue weighted by Gasteiger charge is -2.27. The van der Waals surface area contributed by atoms with Gasteiger partial charge in [0.05, 0.1) is 10.4 Å². The summed E-state index contributed by atoms with van der Waals surface area (Å²) in [6, 6.07) is 2.18. The monoisotopic (exact) mass is 359 g/mol. The molecular formula is C18H21N3OS2. The number of likely N-dealkylation sites (tertiary alicyclic amines) is 2. The summed E-state index contributed by atoms with van der Waals surface area (Å²) in [5.74, 6) is 0.494. The molecule has 2 aromatic rings. The Morgan fingerprint density at radius 3 is 3.08 bits per heavy atom. The van der Waals surface area contributed by atoms with Crippen LogP contribution in [0.2, 0.25) is 0 Å². The van der Waals surface area contributed by atoms with Gasteiger partial charge in [-0.1, -0.05) is 6.08 Å². The van der Waals surface area contributed by atoms with Crippen LogP contribution >= 0.6 is 22.7 Å². The van der Waals surface area contributed by atoms with E-state index < -0.39 is 0 Å². The third-order valence-corrected chi connectivity index (χ3v) is 6.86. The highest BCUT2D eigenvalue weighted by Crippen LogP contribution is 2.50. The number of nitrogens with zero attached hydrogens (tertiary/aromatic N) is 3. The van der Waals surface area contributed by atoms with Crippen LogP contribution in [0.25, 0.3) is 0 Å². The number of aromatic nitrogens is 1. The van der Waals surface area contributed by atoms with Gasteiger partial charge in [-0.3, -0.25) is 9.69 Å². The van der Waals surface area contributed by atoms with E-state index in [1.54, 1.807) is 22.7 Å². The van der Waals surface area contributed by atoms with Crippen molar-refractivity contribution in [1.82, 2.24) is 14.8 Å². The molecule has 24 heavy (non-hydrogen) atoms. The maximum absolute atomic E-state index is 13.2. The van der Waals surface area contributed by atoms with Crippen molar-refractivity contribution in [2.24, 2.45) is 5.41 Å². The Morgan fingerprint density at radius 2 is 2.38 bits per heavy atom. The molecule has 0 aromatic carbocycles. The molecule has 4 nitrogen and oxygen atoms in total. The summed E-state index contributed by atoms with van der Waals surface area (Å²) in [6.45, 7) is 7.94. The molecule has 4 rings (SSSR count). The molecule has 0 bridgehead atoms. The number of hydrogen-bond acceptors (Lipinski definition) is 5. The fourth-order valence-electron chi connectivity index (χ4n) is 4.15. The number of thiazole rings is 1. The van der Waals surface area contributed by atoms with Crippen molar-refractivity contribution in [3.63, 3.8) is 0 Å². The van der Waals surface area contributed by atoms with Crippen LogP contribution in [0.4, 0.5) is 0 Å². The minimum Gasteiger partial charge on any atom is -0.338 e. The van der Waals surface area contributed by atoms with Gasteiger partial charge in [-0.15, -0.1) is 17.9 Å². The molecule has 0 radical (unpaired) electrons. The van der Waals surface area contributed by atoms with Crippen LogP contribution in [0.3, 0.4) is 0 Å². The SMILES string of the molecule is C=CCN1CC[C@@]2(CN(Cc3ccsc3)C[C@H]2c2nccs2)C1=O. The van der Waals surface area contributed by atoms with E-state index in [9.17, 15) is 4.79 Å². The molecule has 1 amide bonds. The van der Waals surface area contributed by atoms with E-state index in [1.807, 2.05) is 22.6 Å². The van der Waals surface area contributed by atoms with E-state index in [4.69, 9.17) is 0 Å². The summed E-state index contributed by atoms with van der Waals surface area (Å²) in [5.41, 5.74) is 1.03. The minimum absolute atomic E-state index is 0.207. The largest absolute Gasteiger partial charge is 0.338 e. The Kier molecular flexibility index (Phi) is 4.28. The summed E-state index contributed by atoms with van der Waals surface area (Å²) < 4.78 is 0. The van der Waals surface area contributed by atoms with Crippen molar-refractivity contribution >= 4 is 28.6 Å². The molecule has 0 saturated carbocycles. The highest BCUT2D eigenvalue weighted by molar-refractivity contribution is 7.09. The first kappa shape index (κ1) is 16.0. The molecular weight excluding hydrogens is 338 g/mol. The lowest BCUT2D eigenvalue weighted by molar-refractivity contribution is -0.135. The molecule has 126 valence electrons. The van der Waals surface area contributed by atoms with Crippen LogP contribution in [0, 0.1) is 5.41 Å². The van der Waals surface area contributed by atoms with E-state index in [2.05, 4.69) is 33.3 Å². The second kappa shape index (κ2) is 6.43. The maximum atomic E-state index is 13.2. The van der Waals surface area contributed by atoms with Gasteiger partial charge < -0.3 is 4.90 Å². The van der Waals surface area contributed by atoms with E-state index in [1.165, 1.54) is 5.56 Å². The van der Waals surface area contributed by atoms with Crippen LogP contribution in [0.5, 0.6) is 0 Å². The van der Waals surface area contributed by atoms with Crippen molar-refractivity contribution in [2.45, 2.75) is 18.9 Å². The first-order valence-electron chi connectivity index (χ1n) is 8.26. The van der Waals surface area contributed by atoms with E-state index in [-0.39, 0.29) is 17.2 Å². The molecule has 6 heteroatoms. The second-order valence-electron chi connectivity index (χ2n) is 6.67. The molecule has 4 heterocycles. The van der Waals surface area contributed by atoms with E-state index in [0.717, 1.165) is 37.6 Å². The zero-order chi connectivity index (χ0) is 16.6. The Morgan fingerprint density at radius 1 is 1.46 bits per heavy atom. The quantitative estimate of drug-likeness (QED) is 0.769. The number of amides is 1. The van der Waals surface area contributed by atoms with E-state index in [0.29, 0.717) is 6.54 Å². The molecule has 0 N–H and O–H groups in total. The molecule has 2 atom stereocenters. The Balaban J connectivity index is 1.62. The number of carbonyl (C=O) groups excluding carboxylic acids is 1. The predicted octanol–water partition coefficient (Wildman–Crippen LogP) is 3.21. The normalized spacial score (nSPS) is 27.4. The fraction of sp³-hybridized carbons (Fsp3) is 0.444. The van der Waals surface area contributed by atoms with Gasteiger partial charge in [0.15, 0.2) is 0 Å². The minimum atomic E-state index is -0.309. The number of hydrogen-bond donors (Lipinski definition) is 0. The van der Waals surface area contributed by atoms with Gasteiger partial charge in [0.2, 0.25) is 5.91 Å². The Bertz CT molecular complexity index is 713. The lowest BCUT2D eigenvalue weighted by Crippen LogP contribution is -2.39. The van der Waals surface area contributed by atoms with Crippen LogP contribution in [0.15, 0.2) is 41.1 Å². The standard InChI is InChI=1S/C18H21N3OS2/c1-2-6-21-7-4-18(17(21)22)13-20(10-14-3-8-23-12-14)11-15(18)16-19-5-9-24-16/h2-3,5,8-9,12,15H,1,4,6-7,10-11,13H2/t15-,18-/m0/s1. The van der Waals surface area contributed by atoms with Crippen molar-refractivity contribution < 1.29 is 4.79 Å². The highest BCUT2D eigenvalue weighted by atomic mass is 32.1. The molecule has 2 aliphatic rings. The Labute approximate surface area is 150 Å². The van der Waals surface area contributed by atoms with Crippen LogP contribution in [-0.2, 0) is 11.3 Å². The zero-order valence-corrected chi connectivity index (χ0v) is 15.2. The summed E-state index contributed by atoms with van der Waals surface area (Å²) >= 11 is 3.41. The molecule has 0 aliphatic carbocycles. The zero-order valence-electron chi connectivity index (χ0n) is 13.6. The smallest absolute Gasteiger partial charge is 0.231 e. The van der Waals surface area contributed by atoms with Gasteiger partial charge in [-0.25, -0.2) is 4.98 Å². The van der Waals surface area contributed by atoms with Crippen molar-refractivity contribution in [2.75, 3.05) is 26.2 Å². The summed E-state index contributed by atoms with van der Waals surface area (Å²) in [7, 11) is 0. The lowest BCUT2D eigenvalue weighted by atomic mass is 9.77.